The summed E-state index contributed by atoms with van der Waals surface area (Å²) in [6.45, 7) is 1.57. The van der Waals surface area contributed by atoms with Gasteiger partial charge in [0.15, 0.2) is 0 Å². The zero-order chi connectivity index (χ0) is 17.6. The summed E-state index contributed by atoms with van der Waals surface area (Å²) in [7, 11) is 0. The Morgan fingerprint density at radius 1 is 1.12 bits per heavy atom. The van der Waals surface area contributed by atoms with Gasteiger partial charge in [0.25, 0.3) is 0 Å². The van der Waals surface area contributed by atoms with Crippen molar-refractivity contribution in [3.63, 3.8) is 0 Å². The molecule has 1 N–H and O–H groups in total. The summed E-state index contributed by atoms with van der Waals surface area (Å²) in [6, 6.07) is 16.8. The molecular formula is C19H18N2O3S. The average Bonchev–Trinajstić information content (AvgIpc) is 3.03. The van der Waals surface area contributed by atoms with Gasteiger partial charge in [-0.2, -0.15) is 0 Å². The molecule has 0 fully saturated rings. The lowest BCUT2D eigenvalue weighted by atomic mass is 10.0. The summed E-state index contributed by atoms with van der Waals surface area (Å²) in [5.74, 6) is -0.560. The van der Waals surface area contributed by atoms with Crippen LogP contribution in [0.2, 0.25) is 0 Å². The summed E-state index contributed by atoms with van der Waals surface area (Å²) in [4.78, 5) is 28.1. The molecule has 0 bridgehead atoms. The van der Waals surface area contributed by atoms with Crippen LogP contribution in [0.5, 0.6) is 0 Å². The maximum absolute atomic E-state index is 12.2. The Labute approximate surface area is 149 Å². The van der Waals surface area contributed by atoms with Crippen LogP contribution in [0.25, 0.3) is 10.2 Å². The molecule has 1 atom stereocenters. The monoisotopic (exact) mass is 354 g/mol. The van der Waals surface area contributed by atoms with E-state index in [1.165, 1.54) is 18.3 Å². The number of ether oxygens (including phenoxy) is 1. The minimum atomic E-state index is -0.401. The highest BCUT2D eigenvalue weighted by atomic mass is 32.1. The fourth-order valence-electron chi connectivity index (χ4n) is 2.53. The summed E-state index contributed by atoms with van der Waals surface area (Å²) >= 11 is 1.51. The van der Waals surface area contributed by atoms with E-state index >= 15 is 0 Å². The zero-order valence-corrected chi connectivity index (χ0v) is 14.6. The van der Waals surface area contributed by atoms with Gasteiger partial charge >= 0.3 is 5.97 Å². The molecule has 0 unspecified atom stereocenters. The second kappa shape index (κ2) is 7.90. The van der Waals surface area contributed by atoms with Crippen LogP contribution in [0, 0.1) is 0 Å². The van der Waals surface area contributed by atoms with Gasteiger partial charge in [0.2, 0.25) is 5.91 Å². The molecule has 3 aromatic rings. The van der Waals surface area contributed by atoms with Gasteiger partial charge in [-0.1, -0.05) is 42.5 Å². The maximum atomic E-state index is 12.2. The van der Waals surface area contributed by atoms with Crippen LogP contribution < -0.4 is 5.32 Å². The van der Waals surface area contributed by atoms with Crippen molar-refractivity contribution in [2.24, 2.45) is 0 Å². The zero-order valence-electron chi connectivity index (χ0n) is 13.8. The Kier molecular flexibility index (Phi) is 5.40. The largest absolute Gasteiger partial charge is 0.458 e. The molecule has 0 aliphatic rings. The number of para-hydroxylation sites is 1. The van der Waals surface area contributed by atoms with Crippen LogP contribution >= 0.6 is 11.3 Å². The third-order valence-corrected chi connectivity index (χ3v) is 4.65. The van der Waals surface area contributed by atoms with Gasteiger partial charge < -0.3 is 10.1 Å². The topological polar surface area (TPSA) is 68.3 Å². The van der Waals surface area contributed by atoms with E-state index in [1.807, 2.05) is 54.6 Å². The number of amides is 1. The SMILES string of the molecule is CC(=O)N[C@@H](CC(=O)OCc1nc2ccccc2s1)c1ccccc1. The molecule has 1 heterocycles. The van der Waals surface area contributed by atoms with Crippen molar-refractivity contribution in [2.45, 2.75) is 26.0 Å². The van der Waals surface area contributed by atoms with E-state index in [-0.39, 0.29) is 24.9 Å². The third-order valence-electron chi connectivity index (χ3n) is 3.65. The summed E-state index contributed by atoms with van der Waals surface area (Å²) < 4.78 is 6.41. The highest BCUT2D eigenvalue weighted by molar-refractivity contribution is 7.18. The first-order valence-corrected chi connectivity index (χ1v) is 8.75. The van der Waals surface area contributed by atoms with E-state index in [2.05, 4.69) is 10.3 Å². The number of carbonyl (C=O) groups excluding carboxylic acids is 2. The molecule has 0 aliphatic heterocycles. The van der Waals surface area contributed by atoms with Crippen molar-refractivity contribution in [3.05, 3.63) is 65.2 Å². The fourth-order valence-corrected chi connectivity index (χ4v) is 3.41. The second-order valence-electron chi connectivity index (χ2n) is 5.60. The number of hydrogen-bond acceptors (Lipinski definition) is 5. The number of carbonyl (C=O) groups is 2. The van der Waals surface area contributed by atoms with Crippen LogP contribution in [0.3, 0.4) is 0 Å². The minimum absolute atomic E-state index is 0.0779. The van der Waals surface area contributed by atoms with Crippen molar-refractivity contribution in [3.8, 4) is 0 Å². The highest BCUT2D eigenvalue weighted by Gasteiger charge is 2.18. The first kappa shape index (κ1) is 17.1. The number of esters is 1. The molecule has 6 heteroatoms. The van der Waals surface area contributed by atoms with Gasteiger partial charge in [-0.05, 0) is 17.7 Å². The van der Waals surface area contributed by atoms with Crippen molar-refractivity contribution in [1.82, 2.24) is 10.3 Å². The van der Waals surface area contributed by atoms with E-state index in [4.69, 9.17) is 4.74 Å². The summed E-state index contributed by atoms with van der Waals surface area (Å²) in [5.41, 5.74) is 1.77. The molecule has 0 radical (unpaired) electrons. The number of benzene rings is 2. The number of hydrogen-bond donors (Lipinski definition) is 1. The molecule has 0 aliphatic carbocycles. The molecule has 25 heavy (non-hydrogen) atoms. The number of thiazole rings is 1. The van der Waals surface area contributed by atoms with Crippen LogP contribution in [-0.4, -0.2) is 16.9 Å². The Morgan fingerprint density at radius 2 is 1.84 bits per heavy atom. The molecule has 0 spiro atoms. The number of fused-ring (bicyclic) bond motifs is 1. The fraction of sp³-hybridized carbons (Fsp3) is 0.211. The second-order valence-corrected chi connectivity index (χ2v) is 6.72. The van der Waals surface area contributed by atoms with Crippen molar-refractivity contribution < 1.29 is 14.3 Å². The van der Waals surface area contributed by atoms with E-state index in [0.29, 0.717) is 0 Å². The molecule has 3 rings (SSSR count). The number of rotatable bonds is 6. The summed E-state index contributed by atoms with van der Waals surface area (Å²) in [6.07, 6.45) is 0.0779. The van der Waals surface area contributed by atoms with E-state index in [1.54, 1.807) is 0 Å². The first-order valence-electron chi connectivity index (χ1n) is 7.94. The van der Waals surface area contributed by atoms with Crippen LogP contribution in [0.1, 0.15) is 30.0 Å². The van der Waals surface area contributed by atoms with Crippen molar-refractivity contribution in [2.75, 3.05) is 0 Å². The number of aromatic nitrogens is 1. The predicted molar refractivity (Wildman–Crippen MR) is 97.0 cm³/mol. The molecule has 2 aromatic carbocycles. The molecule has 1 aromatic heterocycles. The third kappa shape index (κ3) is 4.64. The molecule has 128 valence electrons. The van der Waals surface area contributed by atoms with Crippen molar-refractivity contribution in [1.29, 1.82) is 0 Å². The number of nitrogens with zero attached hydrogens (tertiary/aromatic N) is 1. The summed E-state index contributed by atoms with van der Waals surface area (Å²) in [5, 5.41) is 3.55. The van der Waals surface area contributed by atoms with Crippen LogP contribution in [-0.2, 0) is 20.9 Å². The van der Waals surface area contributed by atoms with Gasteiger partial charge in [-0.15, -0.1) is 11.3 Å². The van der Waals surface area contributed by atoms with Crippen LogP contribution in [0.15, 0.2) is 54.6 Å². The lowest BCUT2D eigenvalue weighted by molar-refractivity contribution is -0.145. The highest BCUT2D eigenvalue weighted by Crippen LogP contribution is 2.23. The first-order chi connectivity index (χ1) is 12.1. The van der Waals surface area contributed by atoms with Gasteiger partial charge in [0.05, 0.1) is 22.7 Å². The minimum Gasteiger partial charge on any atom is -0.458 e. The maximum Gasteiger partial charge on any atom is 0.308 e. The smallest absolute Gasteiger partial charge is 0.308 e. The molecule has 5 nitrogen and oxygen atoms in total. The quantitative estimate of drug-likeness (QED) is 0.687. The average molecular weight is 354 g/mol. The van der Waals surface area contributed by atoms with E-state index in [0.717, 1.165) is 20.8 Å². The Hall–Kier alpha value is -2.73. The molecule has 0 saturated carbocycles. The van der Waals surface area contributed by atoms with Crippen molar-refractivity contribution >= 4 is 33.4 Å². The van der Waals surface area contributed by atoms with Gasteiger partial charge in [0, 0.05) is 6.92 Å². The molecule has 1 amide bonds. The molecular weight excluding hydrogens is 336 g/mol. The van der Waals surface area contributed by atoms with Gasteiger partial charge in [0.1, 0.15) is 11.6 Å². The van der Waals surface area contributed by atoms with Gasteiger partial charge in [-0.25, -0.2) is 4.98 Å². The Balaban J connectivity index is 1.62. The lowest BCUT2D eigenvalue weighted by Crippen LogP contribution is -2.28. The molecule has 0 saturated heterocycles. The Morgan fingerprint density at radius 3 is 2.56 bits per heavy atom. The van der Waals surface area contributed by atoms with E-state index < -0.39 is 6.04 Å². The normalized spacial score (nSPS) is 11.9. The predicted octanol–water partition coefficient (Wildman–Crippen LogP) is 3.61. The standard InChI is InChI=1S/C19H18N2O3S/c1-13(22)20-16(14-7-3-2-4-8-14)11-19(23)24-12-18-21-15-9-5-6-10-17(15)25-18/h2-10,16H,11-12H2,1H3,(H,20,22)/t16-/m0/s1. The Bertz CT molecular complexity index is 844. The number of nitrogens with one attached hydrogen (secondary N) is 1. The van der Waals surface area contributed by atoms with E-state index in [9.17, 15) is 9.59 Å². The lowest BCUT2D eigenvalue weighted by Gasteiger charge is -2.17. The van der Waals surface area contributed by atoms with Crippen LogP contribution in [0.4, 0.5) is 0 Å². The van der Waals surface area contributed by atoms with Gasteiger partial charge in [-0.3, -0.25) is 9.59 Å².